The molecule has 0 aromatic rings. The molecule has 7 heteroatoms. The molecule has 0 radical (unpaired) electrons. The van der Waals surface area contributed by atoms with Gasteiger partial charge in [-0.1, -0.05) is 6.92 Å². The summed E-state index contributed by atoms with van der Waals surface area (Å²) in [6.45, 7) is 2.48. The molecule has 0 aromatic heterocycles. The van der Waals surface area contributed by atoms with E-state index in [1.807, 2.05) is 6.92 Å². The molecule has 7 nitrogen and oxygen atoms in total. The summed E-state index contributed by atoms with van der Waals surface area (Å²) in [4.78, 5) is 36.2. The molecule has 94 valence electrons. The molecule has 0 aromatic carbocycles. The second-order valence-electron chi connectivity index (χ2n) is 4.51. The fourth-order valence-corrected chi connectivity index (χ4v) is 2.22. The van der Waals surface area contributed by atoms with Crippen molar-refractivity contribution in [2.45, 2.75) is 31.3 Å². The van der Waals surface area contributed by atoms with Crippen molar-refractivity contribution >= 4 is 17.8 Å². The van der Waals surface area contributed by atoms with E-state index < -0.39 is 17.6 Å². The number of nitrogens with two attached hydrogens (primary N) is 1. The fourth-order valence-electron chi connectivity index (χ4n) is 2.22. The SMILES string of the molecule is CCC(N)C(=O)N1CCC2(C1)NC(=O)NC2=O. The van der Waals surface area contributed by atoms with Crippen LogP contribution in [0.3, 0.4) is 0 Å². The smallest absolute Gasteiger partial charge is 0.322 e. The summed E-state index contributed by atoms with van der Waals surface area (Å²) in [6, 6.07) is -1.03. The molecular formula is C10H16N4O3. The van der Waals surface area contributed by atoms with Gasteiger partial charge in [0.2, 0.25) is 5.91 Å². The normalized spacial score (nSPS) is 29.4. The van der Waals surface area contributed by atoms with Crippen molar-refractivity contribution in [3.8, 4) is 0 Å². The minimum absolute atomic E-state index is 0.168. The molecule has 2 saturated heterocycles. The van der Waals surface area contributed by atoms with E-state index >= 15 is 0 Å². The van der Waals surface area contributed by atoms with Gasteiger partial charge in [-0.15, -0.1) is 0 Å². The molecule has 17 heavy (non-hydrogen) atoms. The lowest BCUT2D eigenvalue weighted by Crippen LogP contribution is -2.51. The average Bonchev–Trinajstić information content (AvgIpc) is 2.83. The van der Waals surface area contributed by atoms with Crippen LogP contribution < -0.4 is 16.4 Å². The van der Waals surface area contributed by atoms with Crippen molar-refractivity contribution in [3.63, 3.8) is 0 Å². The number of nitrogens with zero attached hydrogens (tertiary/aromatic N) is 1. The van der Waals surface area contributed by atoms with Crippen molar-refractivity contribution in [2.24, 2.45) is 5.73 Å². The minimum atomic E-state index is -0.944. The number of hydrogen-bond donors (Lipinski definition) is 3. The van der Waals surface area contributed by atoms with Crippen molar-refractivity contribution in [3.05, 3.63) is 0 Å². The van der Waals surface area contributed by atoms with Crippen molar-refractivity contribution in [1.82, 2.24) is 15.5 Å². The highest BCUT2D eigenvalue weighted by Crippen LogP contribution is 2.25. The van der Waals surface area contributed by atoms with Gasteiger partial charge in [0.05, 0.1) is 12.6 Å². The Bertz CT molecular complexity index is 384. The summed E-state index contributed by atoms with van der Waals surface area (Å²) < 4.78 is 0. The Balaban J connectivity index is 2.07. The number of likely N-dealkylation sites (tertiary alicyclic amines) is 1. The van der Waals surface area contributed by atoms with E-state index in [1.54, 1.807) is 4.90 Å². The number of amides is 4. The Morgan fingerprint density at radius 3 is 2.82 bits per heavy atom. The standard InChI is InChI=1S/C10H16N4O3/c1-2-6(11)7(15)14-4-3-10(5-14)8(16)12-9(17)13-10/h6H,2-5,11H2,1H3,(H2,12,13,16,17). The van der Waals surface area contributed by atoms with Gasteiger partial charge >= 0.3 is 6.03 Å². The van der Waals surface area contributed by atoms with Gasteiger partial charge in [-0.05, 0) is 12.8 Å². The Kier molecular flexibility index (Phi) is 2.78. The van der Waals surface area contributed by atoms with Crippen LogP contribution in [0.25, 0.3) is 0 Å². The first kappa shape index (κ1) is 11.8. The van der Waals surface area contributed by atoms with Crippen LogP contribution in [0.4, 0.5) is 4.79 Å². The van der Waals surface area contributed by atoms with Crippen molar-refractivity contribution in [1.29, 1.82) is 0 Å². The van der Waals surface area contributed by atoms with E-state index in [2.05, 4.69) is 10.6 Å². The third kappa shape index (κ3) is 1.86. The van der Waals surface area contributed by atoms with Crippen molar-refractivity contribution in [2.75, 3.05) is 13.1 Å². The minimum Gasteiger partial charge on any atom is -0.338 e. The lowest BCUT2D eigenvalue weighted by molar-refractivity contribution is -0.132. The van der Waals surface area contributed by atoms with Gasteiger partial charge < -0.3 is 16.0 Å². The van der Waals surface area contributed by atoms with Crippen LogP contribution in [0.5, 0.6) is 0 Å². The third-order valence-corrected chi connectivity index (χ3v) is 3.35. The molecule has 2 aliphatic rings. The van der Waals surface area contributed by atoms with Crippen LogP contribution >= 0.6 is 0 Å². The second kappa shape index (κ2) is 3.99. The van der Waals surface area contributed by atoms with E-state index in [0.717, 1.165) is 0 Å². The maximum atomic E-state index is 11.9. The summed E-state index contributed by atoms with van der Waals surface area (Å²) in [6.07, 6.45) is 0.994. The zero-order valence-corrected chi connectivity index (χ0v) is 9.66. The second-order valence-corrected chi connectivity index (χ2v) is 4.51. The van der Waals surface area contributed by atoms with Gasteiger partial charge in [-0.2, -0.15) is 0 Å². The predicted molar refractivity (Wildman–Crippen MR) is 58.9 cm³/mol. The first-order valence-corrected chi connectivity index (χ1v) is 5.66. The van der Waals surface area contributed by atoms with Gasteiger partial charge in [0, 0.05) is 6.54 Å². The highest BCUT2D eigenvalue weighted by atomic mass is 16.2. The highest BCUT2D eigenvalue weighted by Gasteiger charge is 2.51. The summed E-state index contributed by atoms with van der Waals surface area (Å²) in [5, 5.41) is 4.78. The topological polar surface area (TPSA) is 105 Å². The lowest BCUT2D eigenvalue weighted by atomic mass is 9.99. The van der Waals surface area contributed by atoms with E-state index in [4.69, 9.17) is 5.73 Å². The molecule has 0 bridgehead atoms. The van der Waals surface area contributed by atoms with Gasteiger partial charge in [-0.25, -0.2) is 4.79 Å². The number of rotatable bonds is 2. The summed E-state index contributed by atoms with van der Waals surface area (Å²) in [7, 11) is 0. The zero-order valence-electron chi connectivity index (χ0n) is 9.66. The molecule has 2 heterocycles. The Morgan fingerprint density at radius 2 is 2.29 bits per heavy atom. The molecule has 0 saturated carbocycles. The van der Waals surface area contributed by atoms with Crippen molar-refractivity contribution < 1.29 is 14.4 Å². The molecule has 2 rings (SSSR count). The predicted octanol–water partition coefficient (Wildman–Crippen LogP) is -1.47. The summed E-state index contributed by atoms with van der Waals surface area (Å²) in [5.41, 5.74) is 4.72. The van der Waals surface area contributed by atoms with E-state index in [-0.39, 0.29) is 18.4 Å². The number of carbonyl (C=O) groups is 3. The number of urea groups is 1. The molecular weight excluding hydrogens is 224 g/mol. The van der Waals surface area contributed by atoms with Gasteiger partial charge in [-0.3, -0.25) is 14.9 Å². The number of carbonyl (C=O) groups excluding carboxylic acids is 3. The van der Waals surface area contributed by atoms with Crippen LogP contribution in [-0.2, 0) is 9.59 Å². The third-order valence-electron chi connectivity index (χ3n) is 3.35. The van der Waals surface area contributed by atoms with Gasteiger partial charge in [0.25, 0.3) is 5.91 Å². The maximum absolute atomic E-state index is 11.9. The first-order chi connectivity index (χ1) is 7.98. The molecule has 0 aliphatic carbocycles. The zero-order chi connectivity index (χ0) is 12.6. The molecule has 2 unspecified atom stereocenters. The van der Waals surface area contributed by atoms with Crippen LogP contribution in [-0.4, -0.2) is 47.4 Å². The summed E-state index contributed by atoms with van der Waals surface area (Å²) in [5.74, 6) is -0.527. The Labute approximate surface area is 98.7 Å². The van der Waals surface area contributed by atoms with E-state index in [1.165, 1.54) is 0 Å². The molecule has 2 fully saturated rings. The largest absolute Gasteiger partial charge is 0.338 e. The number of hydrogen-bond acceptors (Lipinski definition) is 4. The monoisotopic (exact) mass is 240 g/mol. The molecule has 2 atom stereocenters. The van der Waals surface area contributed by atoms with Gasteiger partial charge in [0.1, 0.15) is 5.54 Å². The number of nitrogens with one attached hydrogen (secondary N) is 2. The molecule has 1 spiro atoms. The Hall–Kier alpha value is -1.63. The molecule has 4 amide bonds. The van der Waals surface area contributed by atoms with Crippen LogP contribution in [0, 0.1) is 0 Å². The summed E-state index contributed by atoms with van der Waals surface area (Å²) >= 11 is 0. The van der Waals surface area contributed by atoms with Crippen LogP contribution in [0.1, 0.15) is 19.8 Å². The number of imide groups is 1. The van der Waals surface area contributed by atoms with E-state index in [0.29, 0.717) is 19.4 Å². The highest BCUT2D eigenvalue weighted by molar-refractivity contribution is 6.07. The molecule has 2 aliphatic heterocycles. The van der Waals surface area contributed by atoms with Gasteiger partial charge in [0.15, 0.2) is 0 Å². The lowest BCUT2D eigenvalue weighted by Gasteiger charge is -2.22. The Morgan fingerprint density at radius 1 is 1.59 bits per heavy atom. The first-order valence-electron chi connectivity index (χ1n) is 5.66. The average molecular weight is 240 g/mol. The van der Waals surface area contributed by atoms with E-state index in [9.17, 15) is 14.4 Å². The van der Waals surface area contributed by atoms with Crippen LogP contribution in [0.2, 0.25) is 0 Å². The van der Waals surface area contributed by atoms with Crippen LogP contribution in [0.15, 0.2) is 0 Å². The maximum Gasteiger partial charge on any atom is 0.322 e. The fraction of sp³-hybridized carbons (Fsp3) is 0.700. The quantitative estimate of drug-likeness (QED) is 0.513. The molecule has 4 N–H and O–H groups in total.